The van der Waals surface area contributed by atoms with E-state index >= 15 is 0 Å². The number of rotatable bonds is 6. The first kappa shape index (κ1) is 19.1. The summed E-state index contributed by atoms with van der Waals surface area (Å²) in [6.45, 7) is -0.200. The molecule has 0 spiro atoms. The van der Waals surface area contributed by atoms with Crippen molar-refractivity contribution in [3.8, 4) is 5.75 Å². The lowest BCUT2D eigenvalue weighted by Gasteiger charge is -2.17. The number of halogens is 1. The number of nitro benzene ring substituents is 1. The van der Waals surface area contributed by atoms with Crippen LogP contribution < -0.4 is 10.5 Å². The highest BCUT2D eigenvalue weighted by Gasteiger charge is 2.18. The summed E-state index contributed by atoms with van der Waals surface area (Å²) in [6.07, 6.45) is 0. The summed E-state index contributed by atoms with van der Waals surface area (Å²) in [5.41, 5.74) is 0.618. The Morgan fingerprint density at radius 3 is 2.71 bits per heavy atom. The molecule has 28 heavy (non-hydrogen) atoms. The number of methoxy groups -OCH3 is 1. The lowest BCUT2D eigenvalue weighted by molar-refractivity contribution is -0.384. The van der Waals surface area contributed by atoms with Crippen molar-refractivity contribution < 1.29 is 23.3 Å². The predicted molar refractivity (Wildman–Crippen MR) is 96.6 cm³/mol. The van der Waals surface area contributed by atoms with Crippen molar-refractivity contribution >= 4 is 22.7 Å². The molecule has 0 aliphatic rings. The van der Waals surface area contributed by atoms with E-state index in [2.05, 4.69) is 0 Å². The minimum atomic E-state index is -0.798. The molecule has 0 N–H and O–H groups in total. The maximum atomic E-state index is 13.8. The molecule has 10 heteroatoms. The Hall–Kier alpha value is -3.69. The van der Waals surface area contributed by atoms with Crippen LogP contribution in [0.2, 0.25) is 0 Å². The third-order valence-electron chi connectivity index (χ3n) is 4.22. The third-order valence-corrected chi connectivity index (χ3v) is 4.22. The maximum Gasteiger partial charge on any atom is 0.420 e. The summed E-state index contributed by atoms with van der Waals surface area (Å²) in [7, 11) is 2.87. The zero-order valence-corrected chi connectivity index (χ0v) is 15.0. The van der Waals surface area contributed by atoms with Crippen LogP contribution in [0, 0.1) is 15.9 Å². The van der Waals surface area contributed by atoms with Crippen molar-refractivity contribution in [1.82, 2.24) is 9.47 Å². The fraction of sp³-hybridized carbons (Fsp3) is 0.222. The van der Waals surface area contributed by atoms with Gasteiger partial charge in [0, 0.05) is 19.7 Å². The largest absolute Gasteiger partial charge is 0.494 e. The first-order valence-corrected chi connectivity index (χ1v) is 8.14. The number of ether oxygens (including phenoxy) is 1. The summed E-state index contributed by atoms with van der Waals surface area (Å²) in [4.78, 5) is 36.1. The van der Waals surface area contributed by atoms with E-state index < -0.39 is 22.4 Å². The summed E-state index contributed by atoms with van der Waals surface area (Å²) >= 11 is 0. The second-order valence-electron chi connectivity index (χ2n) is 6.08. The number of carbonyl (C=O) groups is 1. The molecule has 0 atom stereocenters. The van der Waals surface area contributed by atoms with Gasteiger partial charge in [-0.1, -0.05) is 6.07 Å². The molecule has 1 aromatic heterocycles. The van der Waals surface area contributed by atoms with Gasteiger partial charge in [-0.2, -0.15) is 0 Å². The number of hydrogen-bond acceptors (Lipinski definition) is 6. The molecule has 3 aromatic rings. The molecule has 9 nitrogen and oxygen atoms in total. The van der Waals surface area contributed by atoms with Crippen LogP contribution in [0.4, 0.5) is 10.1 Å². The number of amides is 1. The zero-order valence-electron chi connectivity index (χ0n) is 15.0. The SMILES string of the molecule is COc1ccc(CN(C)C(=O)Cn2c(=O)oc3cc([N+](=O)[O-])ccc32)cc1F. The molecule has 0 unspecified atom stereocenters. The molecular formula is C18H16FN3O6. The van der Waals surface area contributed by atoms with Gasteiger partial charge in [0.05, 0.1) is 23.6 Å². The lowest BCUT2D eigenvalue weighted by Crippen LogP contribution is -2.32. The average Bonchev–Trinajstić information content (AvgIpc) is 2.96. The minimum Gasteiger partial charge on any atom is -0.494 e. The summed E-state index contributed by atoms with van der Waals surface area (Å²) in [6, 6.07) is 8.06. The smallest absolute Gasteiger partial charge is 0.420 e. The van der Waals surface area contributed by atoms with Gasteiger partial charge in [-0.05, 0) is 23.8 Å². The van der Waals surface area contributed by atoms with Crippen molar-refractivity contribution in [2.45, 2.75) is 13.1 Å². The molecule has 0 aliphatic heterocycles. The van der Waals surface area contributed by atoms with Gasteiger partial charge in [-0.25, -0.2) is 9.18 Å². The van der Waals surface area contributed by atoms with Gasteiger partial charge < -0.3 is 14.1 Å². The molecule has 0 fully saturated rings. The first-order valence-electron chi connectivity index (χ1n) is 8.14. The van der Waals surface area contributed by atoms with Gasteiger partial charge in [0.2, 0.25) is 5.91 Å². The van der Waals surface area contributed by atoms with Crippen molar-refractivity contribution in [3.63, 3.8) is 0 Å². The van der Waals surface area contributed by atoms with E-state index in [0.717, 1.165) is 10.6 Å². The van der Waals surface area contributed by atoms with Crippen LogP contribution in [-0.2, 0) is 17.9 Å². The van der Waals surface area contributed by atoms with Gasteiger partial charge >= 0.3 is 5.76 Å². The number of oxazole rings is 1. The van der Waals surface area contributed by atoms with Crippen LogP contribution in [0.25, 0.3) is 11.1 Å². The Morgan fingerprint density at radius 2 is 2.07 bits per heavy atom. The van der Waals surface area contributed by atoms with Gasteiger partial charge in [-0.3, -0.25) is 19.5 Å². The number of carbonyl (C=O) groups excluding carboxylic acids is 1. The maximum absolute atomic E-state index is 13.8. The van der Waals surface area contributed by atoms with Crippen LogP contribution in [0.3, 0.4) is 0 Å². The second-order valence-corrected chi connectivity index (χ2v) is 6.08. The van der Waals surface area contributed by atoms with Crippen molar-refractivity contribution in [2.24, 2.45) is 0 Å². The highest BCUT2D eigenvalue weighted by Crippen LogP contribution is 2.21. The van der Waals surface area contributed by atoms with Gasteiger partial charge in [-0.15, -0.1) is 0 Å². The fourth-order valence-electron chi connectivity index (χ4n) is 2.74. The van der Waals surface area contributed by atoms with E-state index in [1.807, 2.05) is 0 Å². The molecule has 0 radical (unpaired) electrons. The highest BCUT2D eigenvalue weighted by molar-refractivity contribution is 5.80. The Morgan fingerprint density at radius 1 is 1.32 bits per heavy atom. The molecule has 0 bridgehead atoms. The summed E-state index contributed by atoms with van der Waals surface area (Å²) < 4.78 is 24.7. The second kappa shape index (κ2) is 7.51. The summed E-state index contributed by atoms with van der Waals surface area (Å²) in [5, 5.41) is 10.8. The highest BCUT2D eigenvalue weighted by atomic mass is 19.1. The minimum absolute atomic E-state index is 0.0203. The first-order chi connectivity index (χ1) is 13.3. The molecule has 0 aliphatic carbocycles. The van der Waals surface area contributed by atoms with Crippen LogP contribution in [0.15, 0.2) is 45.6 Å². The van der Waals surface area contributed by atoms with Crippen molar-refractivity contribution in [2.75, 3.05) is 14.2 Å². The van der Waals surface area contributed by atoms with E-state index in [0.29, 0.717) is 5.56 Å². The predicted octanol–water partition coefficient (Wildman–Crippen LogP) is 2.31. The van der Waals surface area contributed by atoms with Gasteiger partial charge in [0.15, 0.2) is 17.1 Å². The third kappa shape index (κ3) is 3.70. The zero-order chi connectivity index (χ0) is 20.4. The molecular weight excluding hydrogens is 373 g/mol. The number of aromatic nitrogens is 1. The normalized spacial score (nSPS) is 10.8. The van der Waals surface area contributed by atoms with Crippen molar-refractivity contribution in [1.29, 1.82) is 0 Å². The van der Waals surface area contributed by atoms with E-state index in [9.17, 15) is 24.1 Å². The summed E-state index contributed by atoms with van der Waals surface area (Å²) in [5.74, 6) is -1.66. The van der Waals surface area contributed by atoms with E-state index in [1.54, 1.807) is 6.07 Å². The molecule has 3 rings (SSSR count). The Balaban J connectivity index is 1.78. The topological polar surface area (TPSA) is 108 Å². The number of fused-ring (bicyclic) bond motifs is 1. The number of hydrogen-bond donors (Lipinski definition) is 0. The molecule has 2 aromatic carbocycles. The van der Waals surface area contributed by atoms with E-state index in [4.69, 9.17) is 9.15 Å². The molecule has 1 heterocycles. The monoisotopic (exact) mass is 389 g/mol. The Bertz CT molecular complexity index is 1120. The molecule has 0 saturated heterocycles. The van der Waals surface area contributed by atoms with Crippen molar-refractivity contribution in [3.05, 3.63) is 68.4 Å². The van der Waals surface area contributed by atoms with Gasteiger partial charge in [0.1, 0.15) is 6.54 Å². The standard InChI is InChI=1S/C18H16FN3O6/c1-20(9-11-3-6-15(27-2)13(19)7-11)17(23)10-21-14-5-4-12(22(25)26)8-16(14)28-18(21)24/h3-8H,9-10H2,1-2H3. The molecule has 1 amide bonds. The quantitative estimate of drug-likeness (QED) is 0.473. The van der Waals surface area contributed by atoms with E-state index in [1.165, 1.54) is 43.3 Å². The average molecular weight is 389 g/mol. The van der Waals surface area contributed by atoms with Crippen LogP contribution >= 0.6 is 0 Å². The fourth-order valence-corrected chi connectivity index (χ4v) is 2.74. The van der Waals surface area contributed by atoms with Crippen LogP contribution in [0.1, 0.15) is 5.56 Å². The molecule has 146 valence electrons. The van der Waals surface area contributed by atoms with Crippen LogP contribution in [-0.4, -0.2) is 34.5 Å². The lowest BCUT2D eigenvalue weighted by atomic mass is 10.2. The number of non-ortho nitro benzene ring substituents is 1. The van der Waals surface area contributed by atoms with Gasteiger partial charge in [0.25, 0.3) is 5.69 Å². The number of likely N-dealkylation sites (N-methyl/N-ethyl adjacent to an activating group) is 1. The van der Waals surface area contributed by atoms with E-state index in [-0.39, 0.29) is 35.6 Å². The number of benzene rings is 2. The van der Waals surface area contributed by atoms with Crippen LogP contribution in [0.5, 0.6) is 5.75 Å². The number of nitro groups is 1. The Labute approximate surface area is 157 Å². The molecule has 0 saturated carbocycles. The number of nitrogens with zero attached hydrogens (tertiary/aromatic N) is 3. The Kier molecular flexibility index (Phi) is 5.12.